The fraction of sp³-hybridized carbons (Fsp3) is 0.603. The van der Waals surface area contributed by atoms with Crippen molar-refractivity contribution in [1.82, 2.24) is 47.9 Å². The van der Waals surface area contributed by atoms with Crippen LogP contribution in [-0.4, -0.2) is 223 Å². The van der Waals surface area contributed by atoms with Crippen LogP contribution in [-0.2, 0) is 104 Å². The number of phenols is 2. The van der Waals surface area contributed by atoms with Crippen LogP contribution in [0.15, 0.2) is 48.5 Å². The second-order valence-electron chi connectivity index (χ2n) is 26.8. The highest BCUT2D eigenvalue weighted by Crippen LogP contribution is 2.19. The molecule has 2 heterocycles. The number of benzene rings is 2. The number of phenolic OH excluding ortho intramolecular Hbond substituents is 2. The summed E-state index contributed by atoms with van der Waals surface area (Å²) in [6, 6.07) is -1.16. The Labute approximate surface area is 631 Å². The van der Waals surface area contributed by atoms with Gasteiger partial charge in [0.2, 0.25) is 53.2 Å². The molecule has 4 rings (SSSR count). The summed E-state index contributed by atoms with van der Waals surface area (Å²) < 4.78 is 21.1. The Morgan fingerprint density at radius 3 is 1.34 bits per heavy atom. The lowest BCUT2D eigenvalue weighted by Crippen LogP contribution is -2.58. The van der Waals surface area contributed by atoms with Gasteiger partial charge in [0.1, 0.15) is 66.7 Å². The van der Waals surface area contributed by atoms with E-state index in [-0.39, 0.29) is 171 Å². The van der Waals surface area contributed by atoms with Crippen molar-refractivity contribution in [2.45, 2.75) is 228 Å². The normalized spacial score (nSPS) is 20.4. The minimum Gasteiger partial charge on any atom is -0.508 e. The van der Waals surface area contributed by atoms with Crippen LogP contribution in [0.3, 0.4) is 0 Å². The predicted molar refractivity (Wildman–Crippen MR) is 391 cm³/mol. The van der Waals surface area contributed by atoms with Gasteiger partial charge >= 0.3 is 5.97 Å². The number of hydrogen-bond acceptors (Lipinski definition) is 24. The van der Waals surface area contributed by atoms with E-state index in [0.29, 0.717) is 56.4 Å². The van der Waals surface area contributed by atoms with E-state index in [4.69, 9.17) is 47.0 Å². The molecule has 602 valence electrons. The van der Waals surface area contributed by atoms with Crippen LogP contribution in [0.1, 0.15) is 172 Å². The first-order chi connectivity index (χ1) is 52.1. The minimum atomic E-state index is -1.69. The van der Waals surface area contributed by atoms with Crippen molar-refractivity contribution in [3.63, 3.8) is 0 Å². The van der Waals surface area contributed by atoms with Gasteiger partial charge in [-0.15, -0.1) is 0 Å². The van der Waals surface area contributed by atoms with Crippen molar-refractivity contribution in [1.29, 1.82) is 10.8 Å². The van der Waals surface area contributed by atoms with Crippen molar-refractivity contribution in [2.75, 3.05) is 52.8 Å². The zero-order valence-electron chi connectivity index (χ0n) is 61.5. The molecule has 2 aliphatic heterocycles. The van der Waals surface area contributed by atoms with Crippen LogP contribution in [0.2, 0.25) is 0 Å². The maximum absolute atomic E-state index is 14.4. The number of amidine groups is 2. The van der Waals surface area contributed by atoms with Crippen molar-refractivity contribution < 1.29 is 106 Å². The molecule has 0 saturated carbocycles. The van der Waals surface area contributed by atoms with Crippen LogP contribution >= 0.6 is 0 Å². The van der Waals surface area contributed by atoms with Gasteiger partial charge in [0.25, 0.3) is 6.47 Å². The van der Waals surface area contributed by atoms with E-state index >= 15 is 0 Å². The zero-order valence-corrected chi connectivity index (χ0v) is 61.5. The summed E-state index contributed by atoms with van der Waals surface area (Å²) >= 11 is 0. The molecule has 9 amide bonds. The average molecular weight is 1530 g/mol. The summed E-state index contributed by atoms with van der Waals surface area (Å²) in [6.45, 7) is 0.233. The largest absolute Gasteiger partial charge is 0.508 e. The summed E-state index contributed by atoms with van der Waals surface area (Å²) in [5.41, 5.74) is 17.4. The lowest BCUT2D eigenvalue weighted by atomic mass is 9.97. The lowest BCUT2D eigenvalue weighted by molar-refractivity contribution is -0.141. The molecule has 109 heavy (non-hydrogen) atoms. The fourth-order valence-electron chi connectivity index (χ4n) is 11.9. The molecule has 2 aromatic rings. The van der Waals surface area contributed by atoms with Crippen molar-refractivity contribution in [3.8, 4) is 11.5 Å². The molecule has 0 aromatic heterocycles. The number of rotatable bonds is 46. The summed E-state index contributed by atoms with van der Waals surface area (Å²) in [4.78, 5) is 203. The summed E-state index contributed by atoms with van der Waals surface area (Å²) in [5.74, 6) is -11.4. The van der Waals surface area contributed by atoms with E-state index < -0.39 is 176 Å². The van der Waals surface area contributed by atoms with E-state index in [0.717, 1.165) is 0 Å². The molecule has 2 fully saturated rings. The van der Waals surface area contributed by atoms with Gasteiger partial charge in [-0.25, -0.2) is 0 Å². The molecule has 36 heteroatoms. The third-order valence-corrected chi connectivity index (χ3v) is 17.8. The first kappa shape index (κ1) is 91.1. The van der Waals surface area contributed by atoms with E-state index in [1.54, 1.807) is 0 Å². The Bertz CT molecular complexity index is 3380. The highest BCUT2D eigenvalue weighted by Gasteiger charge is 2.36. The Balaban J connectivity index is 1.53. The molecule has 2 aromatic carbocycles. The number of aliphatic carboxylic acids is 1. The number of nitrogens with two attached hydrogens (primary N) is 3. The number of ketones is 4. The van der Waals surface area contributed by atoms with Crippen LogP contribution in [0.25, 0.3) is 0 Å². The van der Waals surface area contributed by atoms with Gasteiger partial charge < -0.3 is 99.3 Å². The quantitative estimate of drug-likeness (QED) is 0.0171. The summed E-state index contributed by atoms with van der Waals surface area (Å²) in [6.07, 6.45) is -0.551. The van der Waals surface area contributed by atoms with Gasteiger partial charge in [-0.05, 0) is 93.2 Å². The summed E-state index contributed by atoms with van der Waals surface area (Å²) in [5, 5.41) is 68.3. The molecule has 0 spiro atoms. The Kier molecular flexibility index (Phi) is 42.7. The molecule has 0 radical (unpaired) electrons. The third-order valence-electron chi connectivity index (χ3n) is 17.8. The van der Waals surface area contributed by atoms with Crippen LogP contribution in [0, 0.1) is 10.8 Å². The van der Waals surface area contributed by atoms with Gasteiger partial charge in [0.05, 0.1) is 69.3 Å². The van der Waals surface area contributed by atoms with Crippen LogP contribution in [0.4, 0.5) is 0 Å². The molecule has 36 nitrogen and oxygen atoms in total. The molecule has 0 aliphatic carbocycles. The number of carboxylic acid groups (broad SMARTS) is 1. The van der Waals surface area contributed by atoms with Crippen molar-refractivity contribution in [2.24, 2.45) is 17.2 Å². The molecule has 2 aliphatic rings. The molecular weight excluding hydrogens is 1420 g/mol. The van der Waals surface area contributed by atoms with Gasteiger partial charge in [0.15, 0.2) is 17.3 Å². The number of carbonyl (C=O) groups excluding carboxylic acids is 14. The average Bonchev–Trinajstić information content (AvgIpc) is 1.83. The number of carboxylic acids is 1. The monoisotopic (exact) mass is 1530 g/mol. The van der Waals surface area contributed by atoms with E-state index in [1.165, 1.54) is 48.5 Å². The van der Waals surface area contributed by atoms with Crippen molar-refractivity contribution >= 4 is 100 Å². The molecule has 2 saturated heterocycles. The highest BCUT2D eigenvalue weighted by atomic mass is 16.5. The number of carbonyl (C=O) groups is 15. The zero-order chi connectivity index (χ0) is 80.0. The highest BCUT2D eigenvalue weighted by molar-refractivity contribution is 6.00. The molecule has 20 N–H and O–H groups in total. The van der Waals surface area contributed by atoms with Crippen LogP contribution in [0.5, 0.6) is 11.5 Å². The van der Waals surface area contributed by atoms with Gasteiger partial charge in [0, 0.05) is 77.2 Å². The SMILES string of the molecule is N=C(N)CCCC[C@@H]1NC(=O)[C@H](CCCCCC(=O)[C@H](CCC(=O)CCCCC[C@@H]2NC(=O)[C@@H](Cc3ccc(O)cc3)NC(=O)[C@H](CC(=O)O)NC(=O)CCC(=O)[C@H](CCCCC(=N)N)NC2=O)NC(=O)COCCOCCOCCN)NC(=O)[C@@H](Cc2ccc(O)cc2)NC(=O)[C@H](COC=O)NC(=O)CCC1=O. The number of amides is 9. The smallest absolute Gasteiger partial charge is 0.305 e. The van der Waals surface area contributed by atoms with Gasteiger partial charge in [-0.3, -0.25) is 82.7 Å². The molecule has 9 atom stereocenters. The standard InChI is InChI=1S/C73H108N14O22/c74-33-34-106-35-36-107-37-38-108-43-66(97)79-52(59(92)16-6-2-5-15-54-69(101)83-51(13-8-10-18-63(77)78)61(94)30-32-65(96)81-58(42-109-44-88)73(105)87-56(71(103)85-54)40-46-21-25-49(91)26-22-46)28-27-47(89)11-3-1-4-14-53-68(100)82-50(12-7-9-17-62(75)76)60(93)29-31-64(95)80-57(41-67(98)99)72(104)86-55(70(102)84-53)39-45-19-23-48(90)24-20-45/h19-26,44,50-58,90-91H,1-18,27-43,74H2,(H3,75,76)(H3,77,78)(H,79,97)(H,80,95)(H,81,96)(H,82,100)(H,83,101)(H,84,102)(H,85,103)(H,86,104)(H,87,105)(H,98,99)/t50-,51-,52-,53-,54-,55+,56+,57-,58-/m0/s1. The minimum absolute atomic E-state index is 0.00209. The molecular formula is C73H108N14O22. The Morgan fingerprint density at radius 2 is 0.872 bits per heavy atom. The van der Waals surface area contributed by atoms with E-state index in [9.17, 15) is 87.2 Å². The van der Waals surface area contributed by atoms with Gasteiger partial charge in [-0.2, -0.15) is 0 Å². The molecule has 0 unspecified atom stereocenters. The number of Topliss-reactive ketones (excluding diaryl/α,β-unsaturated/α-hetero) is 4. The number of ether oxygens (including phenoxy) is 4. The number of nitrogens with one attached hydrogen (secondary N) is 11. The third kappa shape index (κ3) is 37.9. The predicted octanol–water partition coefficient (Wildman–Crippen LogP) is -0.560. The lowest BCUT2D eigenvalue weighted by Gasteiger charge is -2.26. The maximum atomic E-state index is 14.4. The summed E-state index contributed by atoms with van der Waals surface area (Å²) in [7, 11) is 0. The van der Waals surface area contributed by atoms with Gasteiger partial charge in [-0.1, -0.05) is 62.8 Å². The van der Waals surface area contributed by atoms with Crippen LogP contribution < -0.4 is 65.1 Å². The Morgan fingerprint density at radius 1 is 0.477 bits per heavy atom. The van der Waals surface area contributed by atoms with E-state index in [1.807, 2.05) is 0 Å². The Hall–Kier alpha value is -10.3. The number of aromatic hydroxyl groups is 2. The number of hydrogen-bond donors (Lipinski definition) is 17. The second kappa shape index (κ2) is 51.1. The van der Waals surface area contributed by atoms with E-state index in [2.05, 4.69) is 47.9 Å². The second-order valence-corrected chi connectivity index (χ2v) is 26.8. The van der Waals surface area contributed by atoms with Crippen molar-refractivity contribution in [3.05, 3.63) is 59.7 Å². The maximum Gasteiger partial charge on any atom is 0.305 e. The first-order valence-electron chi connectivity index (χ1n) is 36.9. The fourth-order valence-corrected chi connectivity index (χ4v) is 11.9. The number of unbranched alkanes of at least 4 members (excludes halogenated alkanes) is 6. The topological polar surface area (TPSA) is 588 Å². The molecule has 0 bridgehead atoms. The first-order valence-corrected chi connectivity index (χ1v) is 36.9.